The average Bonchev–Trinajstić information content (AvgIpc) is 2.81. The van der Waals surface area contributed by atoms with E-state index in [0.717, 1.165) is 6.42 Å². The van der Waals surface area contributed by atoms with Gasteiger partial charge in [0.25, 0.3) is 0 Å². The van der Waals surface area contributed by atoms with Gasteiger partial charge < -0.3 is 20.5 Å². The smallest absolute Gasteiger partial charge is 0.332 e. The quantitative estimate of drug-likeness (QED) is 0.601. The Morgan fingerprint density at radius 3 is 2.61 bits per heavy atom. The van der Waals surface area contributed by atoms with Crippen LogP contribution in [-0.2, 0) is 19.1 Å². The summed E-state index contributed by atoms with van der Waals surface area (Å²) in [5.74, 6) is -1.65. The molecular formula is C11H16N2O5. The molecule has 1 unspecified atom stereocenters. The fraction of sp³-hybridized carbons (Fsp3) is 0.727. The second-order valence-electron chi connectivity index (χ2n) is 4.52. The molecule has 7 heteroatoms. The molecular weight excluding hydrogens is 240 g/mol. The molecule has 2 aliphatic rings. The first-order chi connectivity index (χ1) is 8.58. The average molecular weight is 256 g/mol. The van der Waals surface area contributed by atoms with E-state index in [1.807, 2.05) is 0 Å². The molecule has 2 saturated heterocycles. The van der Waals surface area contributed by atoms with Crippen molar-refractivity contribution in [2.24, 2.45) is 0 Å². The van der Waals surface area contributed by atoms with Crippen LogP contribution in [0.2, 0.25) is 0 Å². The van der Waals surface area contributed by atoms with Crippen LogP contribution in [0.15, 0.2) is 0 Å². The molecule has 2 rings (SSSR count). The number of rotatable bonds is 3. The summed E-state index contributed by atoms with van der Waals surface area (Å²) in [5.41, 5.74) is 0. The van der Waals surface area contributed by atoms with Crippen LogP contribution in [-0.4, -0.2) is 47.7 Å². The summed E-state index contributed by atoms with van der Waals surface area (Å²) < 4.78 is 5.12. The van der Waals surface area contributed by atoms with Crippen LogP contribution in [0, 0.1) is 0 Å². The molecule has 0 aromatic carbocycles. The Labute approximate surface area is 104 Å². The molecule has 0 radical (unpaired) electrons. The Kier molecular flexibility index (Phi) is 3.81. The van der Waals surface area contributed by atoms with E-state index < -0.39 is 30.1 Å². The van der Waals surface area contributed by atoms with E-state index in [1.54, 1.807) is 0 Å². The molecule has 0 spiro atoms. The molecule has 7 nitrogen and oxygen atoms in total. The van der Waals surface area contributed by atoms with Crippen LogP contribution in [0.3, 0.4) is 0 Å². The summed E-state index contributed by atoms with van der Waals surface area (Å²) in [6, 6.07) is -0.529. The maximum absolute atomic E-state index is 11.8. The van der Waals surface area contributed by atoms with Crippen LogP contribution in [0.5, 0.6) is 0 Å². The molecule has 0 aliphatic carbocycles. The minimum atomic E-state index is -1.05. The van der Waals surface area contributed by atoms with E-state index in [-0.39, 0.29) is 5.91 Å². The number of hydrogen-bond donors (Lipinski definition) is 3. The topological polar surface area (TPSA) is 105 Å². The molecule has 0 saturated carbocycles. The standard InChI is InChI=1S/C11H16N2O5/c14-9-6(2-1-5-12-9)13-10(15)7-3-4-8(18-7)11(16)17/h6-8H,1-5H2,(H,12,14)(H,13,15)(H,16,17)/t6?,7-,8+/m0/s1. The highest BCUT2D eigenvalue weighted by Crippen LogP contribution is 2.20. The van der Waals surface area contributed by atoms with Crippen LogP contribution < -0.4 is 10.6 Å². The van der Waals surface area contributed by atoms with Gasteiger partial charge >= 0.3 is 5.97 Å². The lowest BCUT2D eigenvalue weighted by atomic mass is 10.1. The van der Waals surface area contributed by atoms with Gasteiger partial charge in [-0.15, -0.1) is 0 Å². The summed E-state index contributed by atoms with van der Waals surface area (Å²) in [5, 5.41) is 14.0. The van der Waals surface area contributed by atoms with E-state index in [1.165, 1.54) is 0 Å². The van der Waals surface area contributed by atoms with Crippen molar-refractivity contribution in [2.45, 2.75) is 43.9 Å². The SMILES string of the molecule is O=C1NCCCC1NC(=O)[C@@H]1CC[C@H](C(=O)O)O1. The Morgan fingerprint density at radius 1 is 1.28 bits per heavy atom. The number of carbonyl (C=O) groups is 3. The molecule has 2 heterocycles. The third-order valence-corrected chi connectivity index (χ3v) is 3.19. The van der Waals surface area contributed by atoms with Gasteiger partial charge in [0.1, 0.15) is 12.1 Å². The number of amides is 2. The van der Waals surface area contributed by atoms with E-state index >= 15 is 0 Å². The summed E-state index contributed by atoms with van der Waals surface area (Å²) in [4.78, 5) is 34.0. The zero-order valence-corrected chi connectivity index (χ0v) is 9.85. The first kappa shape index (κ1) is 12.8. The Balaban J connectivity index is 1.85. The molecule has 0 aromatic heterocycles. The summed E-state index contributed by atoms with van der Waals surface area (Å²) in [6.45, 7) is 0.631. The van der Waals surface area contributed by atoms with Gasteiger partial charge in [0.2, 0.25) is 11.8 Å². The van der Waals surface area contributed by atoms with Gasteiger partial charge in [0.15, 0.2) is 6.10 Å². The number of carboxylic acid groups (broad SMARTS) is 1. The van der Waals surface area contributed by atoms with Gasteiger partial charge in [-0.05, 0) is 25.7 Å². The zero-order valence-electron chi connectivity index (χ0n) is 9.85. The monoisotopic (exact) mass is 256 g/mol. The highest BCUT2D eigenvalue weighted by molar-refractivity contribution is 5.90. The summed E-state index contributed by atoms with van der Waals surface area (Å²) in [7, 11) is 0. The molecule has 18 heavy (non-hydrogen) atoms. The fourth-order valence-electron chi connectivity index (χ4n) is 2.19. The van der Waals surface area contributed by atoms with Crippen molar-refractivity contribution in [1.82, 2.24) is 10.6 Å². The lowest BCUT2D eigenvalue weighted by Gasteiger charge is -2.24. The molecule has 100 valence electrons. The highest BCUT2D eigenvalue weighted by Gasteiger charge is 2.36. The van der Waals surface area contributed by atoms with Gasteiger partial charge in [-0.3, -0.25) is 9.59 Å². The van der Waals surface area contributed by atoms with Crippen LogP contribution in [0.4, 0.5) is 0 Å². The lowest BCUT2D eigenvalue weighted by molar-refractivity contribution is -0.152. The van der Waals surface area contributed by atoms with Crippen molar-refractivity contribution < 1.29 is 24.2 Å². The predicted octanol–water partition coefficient (Wildman–Crippen LogP) is -0.987. The zero-order chi connectivity index (χ0) is 13.1. The predicted molar refractivity (Wildman–Crippen MR) is 59.7 cm³/mol. The van der Waals surface area contributed by atoms with Crippen molar-refractivity contribution in [1.29, 1.82) is 0 Å². The maximum Gasteiger partial charge on any atom is 0.332 e. The molecule has 3 N–H and O–H groups in total. The summed E-state index contributed by atoms with van der Waals surface area (Å²) >= 11 is 0. The number of piperidine rings is 1. The third kappa shape index (κ3) is 2.79. The van der Waals surface area contributed by atoms with Crippen molar-refractivity contribution in [3.8, 4) is 0 Å². The Morgan fingerprint density at radius 2 is 2.00 bits per heavy atom. The van der Waals surface area contributed by atoms with Crippen LogP contribution in [0.25, 0.3) is 0 Å². The minimum absolute atomic E-state index is 0.192. The number of carboxylic acids is 1. The van der Waals surface area contributed by atoms with Crippen molar-refractivity contribution in [3.05, 3.63) is 0 Å². The van der Waals surface area contributed by atoms with Gasteiger partial charge in [-0.1, -0.05) is 0 Å². The second kappa shape index (κ2) is 5.34. The van der Waals surface area contributed by atoms with E-state index in [2.05, 4.69) is 10.6 Å². The second-order valence-corrected chi connectivity index (χ2v) is 4.52. The fourth-order valence-corrected chi connectivity index (χ4v) is 2.19. The number of carbonyl (C=O) groups excluding carboxylic acids is 2. The molecule has 2 aliphatic heterocycles. The molecule has 2 amide bonds. The lowest BCUT2D eigenvalue weighted by Crippen LogP contribution is -2.52. The summed E-state index contributed by atoms with van der Waals surface area (Å²) in [6.07, 6.45) is 0.440. The first-order valence-corrected chi connectivity index (χ1v) is 6.04. The molecule has 3 atom stereocenters. The number of hydrogen-bond acceptors (Lipinski definition) is 4. The van der Waals surface area contributed by atoms with E-state index in [4.69, 9.17) is 9.84 Å². The minimum Gasteiger partial charge on any atom is -0.479 e. The number of nitrogens with one attached hydrogen (secondary N) is 2. The highest BCUT2D eigenvalue weighted by atomic mass is 16.5. The normalized spacial score (nSPS) is 31.8. The number of ether oxygens (including phenoxy) is 1. The van der Waals surface area contributed by atoms with Gasteiger partial charge in [-0.2, -0.15) is 0 Å². The van der Waals surface area contributed by atoms with Crippen molar-refractivity contribution in [3.63, 3.8) is 0 Å². The van der Waals surface area contributed by atoms with Gasteiger partial charge in [-0.25, -0.2) is 4.79 Å². The van der Waals surface area contributed by atoms with E-state index in [9.17, 15) is 14.4 Å². The molecule has 2 fully saturated rings. The first-order valence-electron chi connectivity index (χ1n) is 6.04. The largest absolute Gasteiger partial charge is 0.479 e. The third-order valence-electron chi connectivity index (χ3n) is 3.19. The molecule has 0 aromatic rings. The van der Waals surface area contributed by atoms with Crippen molar-refractivity contribution >= 4 is 17.8 Å². The molecule has 0 bridgehead atoms. The Bertz CT molecular complexity index is 370. The van der Waals surface area contributed by atoms with Crippen molar-refractivity contribution in [2.75, 3.05) is 6.54 Å². The van der Waals surface area contributed by atoms with Gasteiger partial charge in [0.05, 0.1) is 0 Å². The van der Waals surface area contributed by atoms with Crippen LogP contribution >= 0.6 is 0 Å². The maximum atomic E-state index is 11.8. The van der Waals surface area contributed by atoms with Crippen LogP contribution in [0.1, 0.15) is 25.7 Å². The van der Waals surface area contributed by atoms with E-state index in [0.29, 0.717) is 25.8 Å². The Hall–Kier alpha value is -1.63. The number of aliphatic carboxylic acids is 1. The van der Waals surface area contributed by atoms with Gasteiger partial charge in [0, 0.05) is 6.54 Å².